The highest BCUT2D eigenvalue weighted by atomic mass is 32.1. The van der Waals surface area contributed by atoms with Crippen LogP contribution in [0.4, 0.5) is 0 Å². The van der Waals surface area contributed by atoms with Gasteiger partial charge in [-0.2, -0.15) is 0 Å². The summed E-state index contributed by atoms with van der Waals surface area (Å²) in [6.07, 6.45) is 7.20. The molecular weight excluding hydrogens is 246 g/mol. The molecule has 0 radical (unpaired) electrons. The molecule has 4 nitrogen and oxygen atoms in total. The van der Waals surface area contributed by atoms with Crippen LogP contribution in [0.15, 0.2) is 17.7 Å². The summed E-state index contributed by atoms with van der Waals surface area (Å²) in [5.74, 6) is 0.203. The second kappa shape index (κ2) is 4.82. The van der Waals surface area contributed by atoms with E-state index in [4.69, 9.17) is 0 Å². The van der Waals surface area contributed by atoms with Crippen molar-refractivity contribution in [3.05, 3.63) is 28.2 Å². The molecule has 1 aliphatic heterocycles. The normalized spacial score (nSPS) is 24.4. The monoisotopic (exact) mass is 263 g/mol. The number of fused-ring (bicyclic) bond motifs is 1. The lowest BCUT2D eigenvalue weighted by molar-refractivity contribution is -0.135. The summed E-state index contributed by atoms with van der Waals surface area (Å²) in [6, 6.07) is 0.137. The Morgan fingerprint density at radius 3 is 2.94 bits per heavy atom. The van der Waals surface area contributed by atoms with Gasteiger partial charge in [-0.1, -0.05) is 12.2 Å². The molecule has 1 aliphatic carbocycles. The van der Waals surface area contributed by atoms with Gasteiger partial charge < -0.3 is 10.2 Å². The summed E-state index contributed by atoms with van der Waals surface area (Å²) in [6.45, 7) is 0.792. The fourth-order valence-corrected chi connectivity index (χ4v) is 3.73. The highest BCUT2D eigenvalue weighted by Crippen LogP contribution is 2.30. The van der Waals surface area contributed by atoms with Gasteiger partial charge in [0.15, 0.2) is 0 Å². The highest BCUT2D eigenvalue weighted by molar-refractivity contribution is 7.10. The molecule has 0 spiro atoms. The number of nitrogens with zero attached hydrogens (tertiary/aromatic N) is 2. The Morgan fingerprint density at radius 1 is 1.44 bits per heavy atom. The van der Waals surface area contributed by atoms with Crippen LogP contribution in [0.25, 0.3) is 0 Å². The lowest BCUT2D eigenvalue weighted by Crippen LogP contribution is -2.44. The zero-order valence-corrected chi connectivity index (χ0v) is 11.2. The lowest BCUT2D eigenvalue weighted by atomic mass is 10.1. The topological polar surface area (TPSA) is 45.2 Å². The highest BCUT2D eigenvalue weighted by Gasteiger charge is 2.34. The molecular formula is C13H17N3OS. The Morgan fingerprint density at radius 2 is 2.22 bits per heavy atom. The number of hydrogen-bond donors (Lipinski definition) is 1. The summed E-state index contributed by atoms with van der Waals surface area (Å²) >= 11 is 1.58. The zero-order chi connectivity index (χ0) is 12.5. The number of rotatable bonds is 2. The number of aromatic nitrogens is 1. The van der Waals surface area contributed by atoms with E-state index in [2.05, 4.69) is 22.5 Å². The van der Waals surface area contributed by atoms with Crippen LogP contribution in [0.5, 0.6) is 0 Å². The van der Waals surface area contributed by atoms with E-state index in [1.165, 1.54) is 0 Å². The van der Waals surface area contributed by atoms with Crippen molar-refractivity contribution in [2.75, 3.05) is 13.6 Å². The molecule has 1 N–H and O–H groups in total. The molecule has 96 valence electrons. The number of carbonyl (C=O) groups is 1. The molecule has 5 heteroatoms. The maximum absolute atomic E-state index is 12.6. The quantitative estimate of drug-likeness (QED) is 0.823. The number of carbonyl (C=O) groups excluding carboxylic acids is 1. The van der Waals surface area contributed by atoms with E-state index in [1.807, 2.05) is 17.5 Å². The Bertz CT molecular complexity index is 474. The first-order chi connectivity index (χ1) is 8.81. The van der Waals surface area contributed by atoms with Gasteiger partial charge in [0.1, 0.15) is 6.04 Å². The SMILES string of the molecule is CNC1C(=O)N(C2CC=CC2)CCc2ncsc21. The molecule has 0 bridgehead atoms. The molecule has 1 aromatic rings. The van der Waals surface area contributed by atoms with Crippen molar-refractivity contribution in [2.24, 2.45) is 0 Å². The second-order valence-electron chi connectivity index (χ2n) is 4.76. The number of amides is 1. The van der Waals surface area contributed by atoms with Crippen LogP contribution in [-0.2, 0) is 11.2 Å². The molecule has 0 saturated carbocycles. The van der Waals surface area contributed by atoms with E-state index < -0.39 is 0 Å². The van der Waals surface area contributed by atoms with Gasteiger partial charge in [0, 0.05) is 19.0 Å². The van der Waals surface area contributed by atoms with Crippen LogP contribution in [0, 0.1) is 0 Å². The average molecular weight is 263 g/mol. The fraction of sp³-hybridized carbons (Fsp3) is 0.538. The van der Waals surface area contributed by atoms with Gasteiger partial charge in [-0.3, -0.25) is 4.79 Å². The number of hydrogen-bond acceptors (Lipinski definition) is 4. The van der Waals surface area contributed by atoms with Crippen molar-refractivity contribution in [1.82, 2.24) is 15.2 Å². The largest absolute Gasteiger partial charge is 0.337 e. The second-order valence-corrected chi connectivity index (χ2v) is 5.65. The molecule has 0 aromatic carbocycles. The predicted molar refractivity (Wildman–Crippen MR) is 71.5 cm³/mol. The predicted octanol–water partition coefficient (Wildman–Crippen LogP) is 1.51. The van der Waals surface area contributed by atoms with Gasteiger partial charge in [-0.15, -0.1) is 11.3 Å². The van der Waals surface area contributed by atoms with E-state index in [-0.39, 0.29) is 11.9 Å². The van der Waals surface area contributed by atoms with Crippen molar-refractivity contribution >= 4 is 17.2 Å². The van der Waals surface area contributed by atoms with Gasteiger partial charge in [0.25, 0.3) is 0 Å². The van der Waals surface area contributed by atoms with E-state index in [0.717, 1.165) is 36.4 Å². The van der Waals surface area contributed by atoms with Crippen LogP contribution in [0.2, 0.25) is 0 Å². The minimum absolute atomic E-state index is 0.203. The number of thiazole rings is 1. The molecule has 3 rings (SSSR count). The fourth-order valence-electron chi connectivity index (χ4n) is 2.79. The van der Waals surface area contributed by atoms with Gasteiger partial charge in [0.05, 0.1) is 16.1 Å². The molecule has 1 unspecified atom stereocenters. The van der Waals surface area contributed by atoms with E-state index in [1.54, 1.807) is 11.3 Å². The van der Waals surface area contributed by atoms with Crippen LogP contribution >= 0.6 is 11.3 Å². The Kier molecular flexibility index (Phi) is 3.18. The molecule has 1 aromatic heterocycles. The maximum atomic E-state index is 12.6. The zero-order valence-electron chi connectivity index (χ0n) is 10.4. The minimum atomic E-state index is -0.212. The molecule has 18 heavy (non-hydrogen) atoms. The Labute approximate surface area is 111 Å². The Hall–Kier alpha value is -1.20. The third-order valence-electron chi connectivity index (χ3n) is 3.77. The molecule has 0 fully saturated rings. The summed E-state index contributed by atoms with van der Waals surface area (Å²) in [5, 5.41) is 3.15. The van der Waals surface area contributed by atoms with Gasteiger partial charge in [-0.25, -0.2) is 4.98 Å². The van der Waals surface area contributed by atoms with Crippen molar-refractivity contribution in [3.63, 3.8) is 0 Å². The van der Waals surface area contributed by atoms with E-state index in [0.29, 0.717) is 6.04 Å². The Balaban J connectivity index is 1.89. The van der Waals surface area contributed by atoms with Crippen LogP contribution in [-0.4, -0.2) is 35.4 Å². The van der Waals surface area contributed by atoms with Crippen molar-refractivity contribution < 1.29 is 4.79 Å². The molecule has 2 heterocycles. The molecule has 0 saturated heterocycles. The first kappa shape index (κ1) is 11.9. The first-order valence-corrected chi connectivity index (χ1v) is 7.24. The average Bonchev–Trinajstić information content (AvgIpc) is 3.01. The third-order valence-corrected chi connectivity index (χ3v) is 4.70. The summed E-state index contributed by atoms with van der Waals surface area (Å²) < 4.78 is 0. The standard InChI is InChI=1S/C13H17N3OS/c1-14-11-12-10(15-8-18-12)6-7-16(13(11)17)9-4-2-3-5-9/h2-3,8-9,11,14H,4-7H2,1H3. The minimum Gasteiger partial charge on any atom is -0.337 e. The van der Waals surface area contributed by atoms with Crippen LogP contribution in [0.3, 0.4) is 0 Å². The van der Waals surface area contributed by atoms with Gasteiger partial charge in [0.2, 0.25) is 5.91 Å². The van der Waals surface area contributed by atoms with Crippen molar-refractivity contribution in [2.45, 2.75) is 31.3 Å². The smallest absolute Gasteiger partial charge is 0.245 e. The van der Waals surface area contributed by atoms with E-state index in [9.17, 15) is 4.79 Å². The van der Waals surface area contributed by atoms with Crippen molar-refractivity contribution in [3.8, 4) is 0 Å². The summed E-state index contributed by atoms with van der Waals surface area (Å²) in [5.41, 5.74) is 2.93. The number of likely N-dealkylation sites (N-methyl/N-ethyl adjacent to an activating group) is 1. The molecule has 1 amide bonds. The van der Waals surface area contributed by atoms with Crippen LogP contribution < -0.4 is 5.32 Å². The molecule has 2 aliphatic rings. The van der Waals surface area contributed by atoms with Crippen molar-refractivity contribution in [1.29, 1.82) is 0 Å². The number of nitrogens with one attached hydrogen (secondary N) is 1. The summed E-state index contributed by atoms with van der Waals surface area (Å²) in [4.78, 5) is 20.2. The van der Waals surface area contributed by atoms with E-state index >= 15 is 0 Å². The van der Waals surface area contributed by atoms with Gasteiger partial charge >= 0.3 is 0 Å². The van der Waals surface area contributed by atoms with Gasteiger partial charge in [-0.05, 0) is 19.9 Å². The maximum Gasteiger partial charge on any atom is 0.245 e. The molecule has 1 atom stereocenters. The first-order valence-electron chi connectivity index (χ1n) is 6.36. The third kappa shape index (κ3) is 1.87. The summed E-state index contributed by atoms with van der Waals surface area (Å²) in [7, 11) is 1.85. The lowest BCUT2D eigenvalue weighted by Gasteiger charge is -2.30. The van der Waals surface area contributed by atoms with Crippen LogP contribution in [0.1, 0.15) is 29.5 Å².